The lowest BCUT2D eigenvalue weighted by molar-refractivity contribution is 0.174. The lowest BCUT2D eigenvalue weighted by Gasteiger charge is -2.31. The van der Waals surface area contributed by atoms with Crippen LogP contribution in [0.15, 0.2) is 48.5 Å². The van der Waals surface area contributed by atoms with Crippen molar-refractivity contribution in [1.29, 1.82) is 0 Å². The van der Waals surface area contributed by atoms with Gasteiger partial charge in [0.25, 0.3) is 0 Å². The van der Waals surface area contributed by atoms with Crippen LogP contribution >= 0.6 is 7.60 Å². The quantitative estimate of drug-likeness (QED) is 0.276. The van der Waals surface area contributed by atoms with E-state index in [9.17, 15) is 4.57 Å². The summed E-state index contributed by atoms with van der Waals surface area (Å²) in [4.78, 5) is 0. The summed E-state index contributed by atoms with van der Waals surface area (Å²) in [6.07, 6.45) is 3.56. The van der Waals surface area contributed by atoms with E-state index >= 15 is 0 Å². The number of rotatable bonds is 13. The fourth-order valence-corrected chi connectivity index (χ4v) is 5.46. The molecule has 0 radical (unpaired) electrons. The van der Waals surface area contributed by atoms with Gasteiger partial charge in [0.2, 0.25) is 6.79 Å². The molecule has 0 aromatic heterocycles. The third-order valence-electron chi connectivity index (χ3n) is 5.27. The second-order valence-corrected chi connectivity index (χ2v) is 9.84. The van der Waals surface area contributed by atoms with Crippen LogP contribution in [0, 0.1) is 0 Å². The smallest absolute Gasteiger partial charge is 0.351 e. The highest BCUT2D eigenvalue weighted by Gasteiger charge is 2.39. The van der Waals surface area contributed by atoms with Crippen molar-refractivity contribution >= 4 is 7.60 Å². The summed E-state index contributed by atoms with van der Waals surface area (Å²) in [5, 5.41) is 3.53. The number of ether oxygens (including phenoxy) is 2. The molecule has 2 aromatic carbocycles. The summed E-state index contributed by atoms with van der Waals surface area (Å²) in [5.74, 6) is 0.698. The second-order valence-electron chi connectivity index (χ2n) is 7.73. The first kappa shape index (κ1) is 23.8. The second kappa shape index (κ2) is 11.7. The molecule has 0 aliphatic carbocycles. The molecule has 1 aliphatic rings. The standard InChI is InChI=1S/C24H34NO5P/c1-4-6-15-29-31(26,30-16-7-5-2)24(25-19(3)20-11-9-8-10-12-20)21-13-14-22-23(17-21)28-18-27-22/h8-14,17,19,24-25H,4-7,15-16,18H2,1-3H3/t19-,24?/m1/s1. The zero-order valence-corrected chi connectivity index (χ0v) is 19.6. The van der Waals surface area contributed by atoms with Gasteiger partial charge in [0.05, 0.1) is 13.2 Å². The van der Waals surface area contributed by atoms with Crippen molar-refractivity contribution in [1.82, 2.24) is 5.32 Å². The number of benzene rings is 2. The lowest BCUT2D eigenvalue weighted by Crippen LogP contribution is -2.26. The minimum Gasteiger partial charge on any atom is -0.454 e. The Morgan fingerprint density at radius 3 is 2.23 bits per heavy atom. The van der Waals surface area contributed by atoms with Crippen LogP contribution in [0.4, 0.5) is 0 Å². The van der Waals surface area contributed by atoms with Gasteiger partial charge in [-0.1, -0.05) is 63.1 Å². The molecule has 0 saturated carbocycles. The molecule has 2 atom stereocenters. The average molecular weight is 448 g/mol. The molecule has 1 heterocycles. The fourth-order valence-electron chi connectivity index (χ4n) is 3.39. The molecule has 6 nitrogen and oxygen atoms in total. The molecule has 31 heavy (non-hydrogen) atoms. The molecule has 3 rings (SSSR count). The topological polar surface area (TPSA) is 66.0 Å². The van der Waals surface area contributed by atoms with E-state index in [1.54, 1.807) is 0 Å². The highest BCUT2D eigenvalue weighted by atomic mass is 31.2. The van der Waals surface area contributed by atoms with Gasteiger partial charge in [0.15, 0.2) is 11.5 Å². The van der Waals surface area contributed by atoms with Gasteiger partial charge in [-0.25, -0.2) is 0 Å². The van der Waals surface area contributed by atoms with Crippen LogP contribution < -0.4 is 14.8 Å². The number of fused-ring (bicyclic) bond motifs is 1. The molecule has 1 aliphatic heterocycles. The predicted molar refractivity (Wildman–Crippen MR) is 123 cm³/mol. The Kier molecular flexibility index (Phi) is 8.97. The summed E-state index contributed by atoms with van der Waals surface area (Å²) in [6, 6.07) is 15.6. The lowest BCUT2D eigenvalue weighted by atomic mass is 10.1. The van der Waals surface area contributed by atoms with Crippen molar-refractivity contribution < 1.29 is 23.1 Å². The van der Waals surface area contributed by atoms with Crippen molar-refractivity contribution in [2.24, 2.45) is 0 Å². The summed E-state index contributed by atoms with van der Waals surface area (Å²) < 4.78 is 37.1. The van der Waals surface area contributed by atoms with Gasteiger partial charge in [-0.2, -0.15) is 0 Å². The monoisotopic (exact) mass is 447 g/mol. The van der Waals surface area contributed by atoms with E-state index < -0.39 is 13.4 Å². The SMILES string of the molecule is CCCCOP(=O)(OCCCC)C(N[C@H](C)c1ccccc1)c1ccc2c(c1)OCO2. The van der Waals surface area contributed by atoms with E-state index in [1.807, 2.05) is 36.4 Å². The van der Waals surface area contributed by atoms with Crippen molar-refractivity contribution in [3.8, 4) is 11.5 Å². The molecule has 0 fully saturated rings. The van der Waals surface area contributed by atoms with E-state index in [0.717, 1.165) is 36.8 Å². The molecule has 0 spiro atoms. The minimum absolute atomic E-state index is 0.0606. The summed E-state index contributed by atoms with van der Waals surface area (Å²) in [5.41, 5.74) is 1.89. The third kappa shape index (κ3) is 6.33. The van der Waals surface area contributed by atoms with Gasteiger partial charge in [-0.3, -0.25) is 9.88 Å². The summed E-state index contributed by atoms with van der Waals surface area (Å²) >= 11 is 0. The van der Waals surface area contributed by atoms with Crippen LogP contribution in [-0.2, 0) is 13.6 Å². The zero-order valence-electron chi connectivity index (χ0n) is 18.7. The van der Waals surface area contributed by atoms with Gasteiger partial charge >= 0.3 is 7.60 Å². The Labute approximate surface area is 185 Å². The maximum atomic E-state index is 14.2. The summed E-state index contributed by atoms with van der Waals surface area (Å²) in [6.45, 7) is 7.19. The van der Waals surface area contributed by atoms with Gasteiger partial charge in [-0.05, 0) is 43.0 Å². The average Bonchev–Trinajstić information content (AvgIpc) is 3.26. The Hall–Kier alpha value is -1.85. The highest BCUT2D eigenvalue weighted by molar-refractivity contribution is 7.54. The van der Waals surface area contributed by atoms with Crippen molar-refractivity contribution in [2.75, 3.05) is 20.0 Å². The zero-order chi connectivity index (χ0) is 22.1. The first-order valence-corrected chi connectivity index (χ1v) is 12.8. The molecule has 1 unspecified atom stereocenters. The maximum absolute atomic E-state index is 14.2. The van der Waals surface area contributed by atoms with E-state index in [4.69, 9.17) is 18.5 Å². The molecular weight excluding hydrogens is 413 g/mol. The van der Waals surface area contributed by atoms with Crippen LogP contribution in [0.25, 0.3) is 0 Å². The first-order valence-electron chi connectivity index (χ1n) is 11.2. The molecule has 1 N–H and O–H groups in total. The van der Waals surface area contributed by atoms with E-state index in [-0.39, 0.29) is 12.8 Å². The number of hydrogen-bond donors (Lipinski definition) is 1. The van der Waals surface area contributed by atoms with Gasteiger partial charge in [0.1, 0.15) is 5.78 Å². The van der Waals surface area contributed by atoms with Crippen LogP contribution in [0.2, 0.25) is 0 Å². The fraction of sp³-hybridized carbons (Fsp3) is 0.500. The van der Waals surface area contributed by atoms with Gasteiger partial charge in [-0.15, -0.1) is 0 Å². The Balaban J connectivity index is 1.93. The summed E-state index contributed by atoms with van der Waals surface area (Å²) in [7, 11) is -3.52. The van der Waals surface area contributed by atoms with Crippen LogP contribution in [0.3, 0.4) is 0 Å². The minimum atomic E-state index is -3.52. The molecule has 2 aromatic rings. The van der Waals surface area contributed by atoms with Crippen LogP contribution in [0.1, 0.15) is 69.4 Å². The van der Waals surface area contributed by atoms with E-state index in [0.29, 0.717) is 24.7 Å². The van der Waals surface area contributed by atoms with E-state index in [2.05, 4.69) is 38.2 Å². The van der Waals surface area contributed by atoms with Gasteiger partial charge in [0, 0.05) is 6.04 Å². The number of hydrogen-bond acceptors (Lipinski definition) is 6. The molecule has 0 saturated heterocycles. The molecule has 7 heteroatoms. The first-order chi connectivity index (χ1) is 15.1. The Morgan fingerprint density at radius 1 is 0.935 bits per heavy atom. The molecular formula is C24H34NO5P. The predicted octanol–water partition coefficient (Wildman–Crippen LogP) is 6.59. The van der Waals surface area contributed by atoms with E-state index in [1.165, 1.54) is 0 Å². The largest absolute Gasteiger partial charge is 0.454 e. The van der Waals surface area contributed by atoms with Crippen LogP contribution in [-0.4, -0.2) is 20.0 Å². The maximum Gasteiger partial charge on any atom is 0.351 e. The van der Waals surface area contributed by atoms with Crippen LogP contribution in [0.5, 0.6) is 11.5 Å². The van der Waals surface area contributed by atoms with Crippen molar-refractivity contribution in [3.05, 3.63) is 59.7 Å². The Morgan fingerprint density at radius 2 is 1.58 bits per heavy atom. The Bertz CT molecular complexity index is 846. The normalized spacial score (nSPS) is 15.1. The highest BCUT2D eigenvalue weighted by Crippen LogP contribution is 2.61. The van der Waals surface area contributed by atoms with Crippen molar-refractivity contribution in [3.63, 3.8) is 0 Å². The molecule has 170 valence electrons. The molecule has 0 bridgehead atoms. The number of nitrogens with one attached hydrogen (secondary N) is 1. The van der Waals surface area contributed by atoms with Crippen molar-refractivity contribution in [2.45, 2.75) is 58.3 Å². The molecule has 0 amide bonds. The number of unbranched alkanes of at least 4 members (excludes halogenated alkanes) is 2. The van der Waals surface area contributed by atoms with Gasteiger partial charge < -0.3 is 18.5 Å². The third-order valence-corrected chi connectivity index (χ3v) is 7.44.